The molecule has 4 heteroatoms. The standard InChI is InChI=1S/C10H20O4/c1-3-10(4-5-12-6-10)7-13-9-14-8-11-2/h3-9H2,1-2H3. The first-order valence-electron chi connectivity index (χ1n) is 5.05. The number of methoxy groups -OCH3 is 1. The van der Waals surface area contributed by atoms with Crippen molar-refractivity contribution in [3.8, 4) is 0 Å². The predicted molar refractivity (Wildman–Crippen MR) is 51.9 cm³/mol. The van der Waals surface area contributed by atoms with Crippen LogP contribution in [-0.4, -0.2) is 40.5 Å². The molecule has 0 spiro atoms. The first-order chi connectivity index (χ1) is 6.83. The van der Waals surface area contributed by atoms with E-state index in [1.807, 2.05) is 0 Å². The molecule has 1 rings (SSSR count). The third-order valence-electron chi connectivity index (χ3n) is 2.71. The summed E-state index contributed by atoms with van der Waals surface area (Å²) >= 11 is 0. The fourth-order valence-corrected chi connectivity index (χ4v) is 1.58. The van der Waals surface area contributed by atoms with Crippen LogP contribution in [0.5, 0.6) is 0 Å². The lowest BCUT2D eigenvalue weighted by molar-refractivity contribution is -0.135. The van der Waals surface area contributed by atoms with Crippen LogP contribution in [0.15, 0.2) is 0 Å². The molecule has 1 unspecified atom stereocenters. The molecule has 1 aliphatic heterocycles. The van der Waals surface area contributed by atoms with Gasteiger partial charge in [-0.15, -0.1) is 0 Å². The van der Waals surface area contributed by atoms with Crippen LogP contribution in [0.3, 0.4) is 0 Å². The molecular formula is C10H20O4. The van der Waals surface area contributed by atoms with Crippen LogP contribution in [-0.2, 0) is 18.9 Å². The molecule has 4 nitrogen and oxygen atoms in total. The van der Waals surface area contributed by atoms with Crippen LogP contribution in [0.2, 0.25) is 0 Å². The third-order valence-corrected chi connectivity index (χ3v) is 2.71. The first kappa shape index (κ1) is 11.9. The average molecular weight is 204 g/mol. The van der Waals surface area contributed by atoms with Gasteiger partial charge in [-0.25, -0.2) is 0 Å². The highest BCUT2D eigenvalue weighted by Gasteiger charge is 2.33. The van der Waals surface area contributed by atoms with E-state index in [9.17, 15) is 0 Å². The van der Waals surface area contributed by atoms with Crippen molar-refractivity contribution < 1.29 is 18.9 Å². The zero-order valence-corrected chi connectivity index (χ0v) is 9.08. The summed E-state index contributed by atoms with van der Waals surface area (Å²) in [4.78, 5) is 0. The smallest absolute Gasteiger partial charge is 0.149 e. The van der Waals surface area contributed by atoms with Gasteiger partial charge in [-0.05, 0) is 12.8 Å². The van der Waals surface area contributed by atoms with E-state index in [-0.39, 0.29) is 12.2 Å². The SMILES string of the molecule is CCC1(COCOCOC)CCOC1. The summed E-state index contributed by atoms with van der Waals surface area (Å²) in [5.74, 6) is 0. The van der Waals surface area contributed by atoms with Gasteiger partial charge < -0.3 is 18.9 Å². The third kappa shape index (κ3) is 3.53. The van der Waals surface area contributed by atoms with Gasteiger partial charge in [0, 0.05) is 19.1 Å². The van der Waals surface area contributed by atoms with Crippen molar-refractivity contribution in [1.82, 2.24) is 0 Å². The molecule has 0 aromatic heterocycles. The Kier molecular flexibility index (Phi) is 5.40. The number of ether oxygens (including phenoxy) is 4. The van der Waals surface area contributed by atoms with Gasteiger partial charge in [0.15, 0.2) is 0 Å². The van der Waals surface area contributed by atoms with E-state index in [2.05, 4.69) is 6.92 Å². The molecule has 1 heterocycles. The summed E-state index contributed by atoms with van der Waals surface area (Å²) in [5.41, 5.74) is 0.219. The van der Waals surface area contributed by atoms with Crippen LogP contribution in [0.4, 0.5) is 0 Å². The molecule has 0 radical (unpaired) electrons. The van der Waals surface area contributed by atoms with Gasteiger partial charge in [-0.1, -0.05) is 6.92 Å². The fraction of sp³-hybridized carbons (Fsp3) is 1.00. The normalized spacial score (nSPS) is 27.0. The van der Waals surface area contributed by atoms with Crippen LogP contribution in [0.1, 0.15) is 19.8 Å². The summed E-state index contributed by atoms with van der Waals surface area (Å²) in [7, 11) is 1.60. The molecule has 0 bridgehead atoms. The van der Waals surface area contributed by atoms with Crippen LogP contribution >= 0.6 is 0 Å². The van der Waals surface area contributed by atoms with Crippen molar-refractivity contribution in [2.75, 3.05) is 40.5 Å². The fourth-order valence-electron chi connectivity index (χ4n) is 1.58. The van der Waals surface area contributed by atoms with Gasteiger partial charge in [-0.3, -0.25) is 0 Å². The van der Waals surface area contributed by atoms with E-state index in [0.29, 0.717) is 13.4 Å². The van der Waals surface area contributed by atoms with Crippen molar-refractivity contribution in [1.29, 1.82) is 0 Å². The van der Waals surface area contributed by atoms with Crippen LogP contribution in [0, 0.1) is 5.41 Å². The van der Waals surface area contributed by atoms with E-state index >= 15 is 0 Å². The van der Waals surface area contributed by atoms with Gasteiger partial charge in [0.2, 0.25) is 0 Å². The van der Waals surface area contributed by atoms with Gasteiger partial charge in [0.05, 0.1) is 13.2 Å². The molecule has 0 aromatic rings. The molecule has 84 valence electrons. The highest BCUT2D eigenvalue weighted by Crippen LogP contribution is 2.32. The van der Waals surface area contributed by atoms with Crippen molar-refractivity contribution in [2.45, 2.75) is 19.8 Å². The van der Waals surface area contributed by atoms with Crippen molar-refractivity contribution in [3.05, 3.63) is 0 Å². The average Bonchev–Trinajstić information content (AvgIpc) is 2.67. The molecule has 0 saturated carbocycles. The number of hydrogen-bond donors (Lipinski definition) is 0. The van der Waals surface area contributed by atoms with Crippen LogP contribution in [0.25, 0.3) is 0 Å². The largest absolute Gasteiger partial charge is 0.381 e. The second kappa shape index (κ2) is 6.35. The quantitative estimate of drug-likeness (QED) is 0.464. The summed E-state index contributed by atoms with van der Waals surface area (Å²) < 4.78 is 20.6. The maximum absolute atomic E-state index is 5.43. The molecular weight excluding hydrogens is 184 g/mol. The van der Waals surface area contributed by atoms with Crippen molar-refractivity contribution in [3.63, 3.8) is 0 Å². The highest BCUT2D eigenvalue weighted by atomic mass is 16.7. The van der Waals surface area contributed by atoms with Gasteiger partial charge in [0.25, 0.3) is 0 Å². The zero-order chi connectivity index (χ0) is 10.3. The Morgan fingerprint density at radius 3 is 2.71 bits per heavy atom. The number of hydrogen-bond acceptors (Lipinski definition) is 4. The number of rotatable bonds is 7. The Labute approximate surface area is 85.5 Å². The van der Waals surface area contributed by atoms with E-state index < -0.39 is 0 Å². The Morgan fingerprint density at radius 2 is 2.14 bits per heavy atom. The molecule has 0 aliphatic carbocycles. The maximum atomic E-state index is 5.43. The minimum atomic E-state index is 0.219. The first-order valence-corrected chi connectivity index (χ1v) is 5.05. The van der Waals surface area contributed by atoms with Crippen molar-refractivity contribution >= 4 is 0 Å². The second-order valence-electron chi connectivity index (χ2n) is 3.73. The second-order valence-corrected chi connectivity index (χ2v) is 3.73. The maximum Gasteiger partial charge on any atom is 0.149 e. The van der Waals surface area contributed by atoms with E-state index in [4.69, 9.17) is 18.9 Å². The lowest BCUT2D eigenvalue weighted by Gasteiger charge is -2.24. The Hall–Kier alpha value is -0.160. The topological polar surface area (TPSA) is 36.9 Å². The summed E-state index contributed by atoms with van der Waals surface area (Å²) in [6.45, 7) is 5.15. The van der Waals surface area contributed by atoms with Crippen LogP contribution < -0.4 is 0 Å². The Morgan fingerprint density at radius 1 is 1.29 bits per heavy atom. The van der Waals surface area contributed by atoms with Gasteiger partial charge in [0.1, 0.15) is 13.6 Å². The van der Waals surface area contributed by atoms with E-state index in [1.54, 1.807) is 7.11 Å². The Balaban J connectivity index is 2.08. The molecule has 1 fully saturated rings. The molecule has 0 N–H and O–H groups in total. The van der Waals surface area contributed by atoms with Crippen molar-refractivity contribution in [2.24, 2.45) is 5.41 Å². The predicted octanol–water partition coefficient (Wildman–Crippen LogP) is 1.40. The van der Waals surface area contributed by atoms with Gasteiger partial charge >= 0.3 is 0 Å². The summed E-state index contributed by atoms with van der Waals surface area (Å²) in [5, 5.41) is 0. The summed E-state index contributed by atoms with van der Waals surface area (Å²) in [6, 6.07) is 0. The minimum absolute atomic E-state index is 0.219. The monoisotopic (exact) mass is 204 g/mol. The lowest BCUT2D eigenvalue weighted by Crippen LogP contribution is -2.27. The molecule has 1 atom stereocenters. The van der Waals surface area contributed by atoms with E-state index in [0.717, 1.165) is 26.1 Å². The zero-order valence-electron chi connectivity index (χ0n) is 9.08. The molecule has 1 aliphatic rings. The molecule has 1 saturated heterocycles. The molecule has 14 heavy (non-hydrogen) atoms. The summed E-state index contributed by atoms with van der Waals surface area (Å²) in [6.07, 6.45) is 2.19. The minimum Gasteiger partial charge on any atom is -0.381 e. The highest BCUT2D eigenvalue weighted by molar-refractivity contribution is 4.81. The molecule has 0 aromatic carbocycles. The molecule has 0 amide bonds. The van der Waals surface area contributed by atoms with Gasteiger partial charge in [-0.2, -0.15) is 0 Å². The van der Waals surface area contributed by atoms with E-state index in [1.165, 1.54) is 0 Å². The Bertz CT molecular complexity index is 143. The lowest BCUT2D eigenvalue weighted by atomic mass is 9.86.